The van der Waals surface area contributed by atoms with Gasteiger partial charge in [0, 0.05) is 18.2 Å². The molecular formula is C14H26N4O. The van der Waals surface area contributed by atoms with Crippen LogP contribution < -0.4 is 15.8 Å². The molecule has 19 heavy (non-hydrogen) atoms. The molecule has 0 aliphatic heterocycles. The molecule has 0 bridgehead atoms. The van der Waals surface area contributed by atoms with Crippen LogP contribution in [0.4, 0.5) is 5.82 Å². The third-order valence-electron chi connectivity index (χ3n) is 2.74. The summed E-state index contributed by atoms with van der Waals surface area (Å²) in [6, 6.07) is 1.81. The molecule has 5 nitrogen and oxygen atoms in total. The number of ether oxygens (including phenoxy) is 1. The summed E-state index contributed by atoms with van der Waals surface area (Å²) in [5, 5.41) is 3.39. The Hall–Kier alpha value is -1.36. The molecule has 3 N–H and O–H groups in total. The number of nitrogens with one attached hydrogen (secondary N) is 1. The molecule has 5 heteroatoms. The Morgan fingerprint density at radius 2 is 2.00 bits per heavy atom. The molecule has 108 valence electrons. The van der Waals surface area contributed by atoms with Crippen LogP contribution in [0.2, 0.25) is 0 Å². The van der Waals surface area contributed by atoms with Crippen molar-refractivity contribution in [1.82, 2.24) is 9.97 Å². The third kappa shape index (κ3) is 5.42. The monoisotopic (exact) mass is 266 g/mol. The quantitative estimate of drug-likeness (QED) is 0.793. The number of rotatable bonds is 7. The van der Waals surface area contributed by atoms with E-state index in [2.05, 4.69) is 36.1 Å². The van der Waals surface area contributed by atoms with Crippen molar-refractivity contribution in [3.63, 3.8) is 0 Å². The van der Waals surface area contributed by atoms with Gasteiger partial charge >= 0.3 is 0 Å². The maximum Gasteiger partial charge on any atom is 0.218 e. The lowest BCUT2D eigenvalue weighted by molar-refractivity contribution is 0.232. The first kappa shape index (κ1) is 15.7. The Morgan fingerprint density at radius 3 is 2.53 bits per heavy atom. The van der Waals surface area contributed by atoms with E-state index in [1.165, 1.54) is 6.33 Å². The highest BCUT2D eigenvalue weighted by atomic mass is 16.5. The van der Waals surface area contributed by atoms with Crippen molar-refractivity contribution in [2.75, 3.05) is 11.9 Å². The van der Waals surface area contributed by atoms with Crippen LogP contribution >= 0.6 is 0 Å². The van der Waals surface area contributed by atoms with Crippen molar-refractivity contribution >= 4 is 5.82 Å². The molecule has 0 aliphatic carbocycles. The van der Waals surface area contributed by atoms with Gasteiger partial charge in [-0.25, -0.2) is 9.97 Å². The topological polar surface area (TPSA) is 73.1 Å². The van der Waals surface area contributed by atoms with Crippen molar-refractivity contribution in [3.8, 4) is 5.88 Å². The number of nitrogens with two attached hydrogens (primary N) is 1. The van der Waals surface area contributed by atoms with E-state index in [1.807, 2.05) is 19.9 Å². The molecule has 0 saturated carbocycles. The van der Waals surface area contributed by atoms with E-state index < -0.39 is 0 Å². The van der Waals surface area contributed by atoms with Gasteiger partial charge in [0.1, 0.15) is 12.1 Å². The van der Waals surface area contributed by atoms with E-state index >= 15 is 0 Å². The Morgan fingerprint density at radius 1 is 1.32 bits per heavy atom. The minimum atomic E-state index is -0.169. The highest BCUT2D eigenvalue weighted by Gasteiger charge is 2.24. The molecule has 0 fully saturated rings. The van der Waals surface area contributed by atoms with Crippen molar-refractivity contribution < 1.29 is 4.74 Å². The molecule has 1 aromatic heterocycles. The van der Waals surface area contributed by atoms with Crippen molar-refractivity contribution in [2.24, 2.45) is 11.7 Å². The van der Waals surface area contributed by atoms with Crippen LogP contribution in [0.25, 0.3) is 0 Å². The zero-order chi connectivity index (χ0) is 14.5. The standard InChI is InChI=1S/C14H26N4O/c1-10(2)7-14(5,8-15)18-12-6-13(17-9-16-12)19-11(3)4/h6,9-11H,7-8,15H2,1-5H3,(H,16,17,18). The normalized spacial score (nSPS) is 14.5. The van der Waals surface area contributed by atoms with Crippen LogP contribution in [0.1, 0.15) is 41.0 Å². The molecule has 0 spiro atoms. The van der Waals surface area contributed by atoms with Gasteiger partial charge in [-0.15, -0.1) is 0 Å². The third-order valence-corrected chi connectivity index (χ3v) is 2.74. The fraction of sp³-hybridized carbons (Fsp3) is 0.714. The minimum absolute atomic E-state index is 0.0966. The SMILES string of the molecule is CC(C)CC(C)(CN)Nc1cc(OC(C)C)ncn1. The summed E-state index contributed by atoms with van der Waals surface area (Å²) in [6.45, 7) is 11.0. The molecule has 1 heterocycles. The molecule has 0 saturated heterocycles. The lowest BCUT2D eigenvalue weighted by atomic mass is 9.91. The summed E-state index contributed by atoms with van der Waals surface area (Å²) in [4.78, 5) is 8.32. The second kappa shape index (κ2) is 6.70. The molecule has 0 aliphatic rings. The van der Waals surface area contributed by atoms with Gasteiger partial charge in [0.2, 0.25) is 5.88 Å². The largest absolute Gasteiger partial charge is 0.475 e. The van der Waals surface area contributed by atoms with E-state index in [4.69, 9.17) is 10.5 Å². The van der Waals surface area contributed by atoms with E-state index in [9.17, 15) is 0 Å². The molecule has 1 unspecified atom stereocenters. The van der Waals surface area contributed by atoms with Crippen LogP contribution in [0.5, 0.6) is 5.88 Å². The van der Waals surface area contributed by atoms with Crippen molar-refractivity contribution in [3.05, 3.63) is 12.4 Å². The number of anilines is 1. The first-order chi connectivity index (χ1) is 8.84. The van der Waals surface area contributed by atoms with Gasteiger partial charge in [-0.1, -0.05) is 13.8 Å². The smallest absolute Gasteiger partial charge is 0.218 e. The molecule has 1 rings (SSSR count). The Balaban J connectivity index is 2.79. The van der Waals surface area contributed by atoms with E-state index in [-0.39, 0.29) is 11.6 Å². The average molecular weight is 266 g/mol. The lowest BCUT2D eigenvalue weighted by Gasteiger charge is -2.31. The molecule has 0 aromatic carbocycles. The second-order valence-corrected chi connectivity index (χ2v) is 5.90. The lowest BCUT2D eigenvalue weighted by Crippen LogP contribution is -2.43. The van der Waals surface area contributed by atoms with Crippen LogP contribution in [0.15, 0.2) is 12.4 Å². The maximum atomic E-state index is 5.88. The van der Waals surface area contributed by atoms with E-state index in [0.29, 0.717) is 18.3 Å². The Labute approximate surface area is 116 Å². The first-order valence-electron chi connectivity index (χ1n) is 6.81. The van der Waals surface area contributed by atoms with E-state index in [1.54, 1.807) is 0 Å². The summed E-state index contributed by atoms with van der Waals surface area (Å²) in [5.74, 6) is 1.89. The predicted octanol–water partition coefficient (Wildman–Crippen LogP) is 2.44. The van der Waals surface area contributed by atoms with Gasteiger partial charge in [0.25, 0.3) is 0 Å². The van der Waals surface area contributed by atoms with Crippen LogP contribution in [0.3, 0.4) is 0 Å². The average Bonchev–Trinajstić information content (AvgIpc) is 2.27. The van der Waals surface area contributed by atoms with Crippen molar-refractivity contribution in [1.29, 1.82) is 0 Å². The molecule has 0 amide bonds. The van der Waals surface area contributed by atoms with Gasteiger partial charge in [-0.2, -0.15) is 0 Å². The fourth-order valence-corrected chi connectivity index (χ4v) is 2.11. The number of hydrogen-bond acceptors (Lipinski definition) is 5. The first-order valence-corrected chi connectivity index (χ1v) is 6.81. The highest BCUT2D eigenvalue weighted by Crippen LogP contribution is 2.22. The molecule has 1 atom stereocenters. The minimum Gasteiger partial charge on any atom is -0.475 e. The Bertz CT molecular complexity index is 395. The van der Waals surface area contributed by atoms with E-state index in [0.717, 1.165) is 12.2 Å². The summed E-state index contributed by atoms with van der Waals surface area (Å²) >= 11 is 0. The van der Waals surface area contributed by atoms with Crippen LogP contribution in [0, 0.1) is 5.92 Å². The number of nitrogens with zero attached hydrogens (tertiary/aromatic N) is 2. The summed E-state index contributed by atoms with van der Waals surface area (Å²) in [6.07, 6.45) is 2.58. The van der Waals surface area contributed by atoms with Gasteiger partial charge in [0.15, 0.2) is 0 Å². The Kier molecular flexibility index (Phi) is 5.54. The maximum absolute atomic E-state index is 5.88. The summed E-state index contributed by atoms with van der Waals surface area (Å²) in [7, 11) is 0. The fourth-order valence-electron chi connectivity index (χ4n) is 2.11. The second-order valence-electron chi connectivity index (χ2n) is 5.90. The van der Waals surface area contributed by atoms with Gasteiger partial charge in [-0.05, 0) is 33.1 Å². The molecule has 0 radical (unpaired) electrons. The van der Waals surface area contributed by atoms with Crippen LogP contribution in [-0.2, 0) is 0 Å². The van der Waals surface area contributed by atoms with Gasteiger partial charge in [-0.3, -0.25) is 0 Å². The number of hydrogen-bond donors (Lipinski definition) is 2. The summed E-state index contributed by atoms with van der Waals surface area (Å²) in [5.41, 5.74) is 5.72. The highest BCUT2D eigenvalue weighted by molar-refractivity contribution is 5.40. The van der Waals surface area contributed by atoms with Crippen molar-refractivity contribution in [2.45, 2.75) is 52.7 Å². The van der Waals surface area contributed by atoms with Crippen LogP contribution in [-0.4, -0.2) is 28.2 Å². The zero-order valence-corrected chi connectivity index (χ0v) is 12.6. The van der Waals surface area contributed by atoms with Gasteiger partial charge < -0.3 is 15.8 Å². The van der Waals surface area contributed by atoms with Gasteiger partial charge in [0.05, 0.1) is 6.10 Å². The number of aromatic nitrogens is 2. The molecule has 1 aromatic rings. The molecular weight excluding hydrogens is 240 g/mol. The zero-order valence-electron chi connectivity index (χ0n) is 12.6. The summed E-state index contributed by atoms with van der Waals surface area (Å²) < 4.78 is 5.56. The predicted molar refractivity (Wildman–Crippen MR) is 78.3 cm³/mol.